The highest BCUT2D eigenvalue weighted by Gasteiger charge is 2.30. The Morgan fingerprint density at radius 2 is 0.898 bits per heavy atom. The molecule has 516 valence electrons. The van der Waals surface area contributed by atoms with E-state index in [0.29, 0.717) is 94.3 Å². The smallest absolute Gasteiger partial charge is 0.410 e. The molecule has 3 amide bonds. The second kappa shape index (κ2) is 36.7. The van der Waals surface area contributed by atoms with Gasteiger partial charge in [0.15, 0.2) is 23.3 Å². The molecule has 11 rings (SSSR count). The number of nitriles is 1. The number of carbonyl (C=O) groups excluding carboxylic acids is 5. The number of ether oxygens (including phenoxy) is 3. The van der Waals surface area contributed by atoms with Gasteiger partial charge in [0, 0.05) is 67.7 Å². The second-order valence-corrected chi connectivity index (χ2v) is 24.6. The summed E-state index contributed by atoms with van der Waals surface area (Å²) in [5, 5.41) is 47.1. The first kappa shape index (κ1) is 74.2. The zero-order valence-corrected chi connectivity index (χ0v) is 57.5. The van der Waals surface area contributed by atoms with Crippen molar-refractivity contribution >= 4 is 35.8 Å². The van der Waals surface area contributed by atoms with E-state index >= 15 is 0 Å². The van der Waals surface area contributed by atoms with Crippen LogP contribution in [0.4, 0.5) is 4.79 Å². The maximum absolute atomic E-state index is 12.5. The van der Waals surface area contributed by atoms with Crippen LogP contribution in [0.25, 0.3) is 0 Å². The number of hydrogen-bond acceptors (Lipinski definition) is 16. The number of aromatic carboxylic acids is 1. The number of carboxylic acid groups (broad SMARTS) is 1. The van der Waals surface area contributed by atoms with E-state index in [2.05, 4.69) is 47.4 Å². The van der Waals surface area contributed by atoms with E-state index in [4.69, 9.17) is 24.6 Å². The molecule has 0 aliphatic carbocycles. The molecule has 98 heavy (non-hydrogen) atoms. The van der Waals surface area contributed by atoms with Gasteiger partial charge >= 0.3 is 24.0 Å². The van der Waals surface area contributed by atoms with Crippen LogP contribution in [0.3, 0.4) is 0 Å². The van der Waals surface area contributed by atoms with Crippen LogP contribution in [0.2, 0.25) is 0 Å². The lowest BCUT2D eigenvalue weighted by Crippen LogP contribution is -2.36. The summed E-state index contributed by atoms with van der Waals surface area (Å²) in [6.45, 7) is 25.8. The average Bonchev–Trinajstić information content (AvgIpc) is 1.76. The van der Waals surface area contributed by atoms with Crippen molar-refractivity contribution in [3.8, 4) is 6.19 Å². The molecule has 0 saturated carbocycles. The van der Waals surface area contributed by atoms with E-state index in [1.54, 1.807) is 52.6 Å². The summed E-state index contributed by atoms with van der Waals surface area (Å²) in [7, 11) is 0. The monoisotopic (exact) mass is 1340 g/mol. The van der Waals surface area contributed by atoms with Gasteiger partial charge < -0.3 is 39.8 Å². The number of amides is 3. The molecule has 4 N–H and O–H groups in total. The summed E-state index contributed by atoms with van der Waals surface area (Å²) in [5.41, 5.74) is 10.2. The number of nitrogens with one attached hydrogen (secondary N) is 3. The zero-order valence-electron chi connectivity index (χ0n) is 57.5. The van der Waals surface area contributed by atoms with Crippen LogP contribution in [0.15, 0.2) is 152 Å². The molecule has 2 aliphatic heterocycles. The summed E-state index contributed by atoms with van der Waals surface area (Å²) < 4.78 is 22.3. The largest absolute Gasteiger partial charge is 0.476 e. The quantitative estimate of drug-likeness (QED) is 0.0332. The molecule has 25 heteroatoms. The molecule has 2 fully saturated rings. The number of carbonyl (C=O) groups is 6. The van der Waals surface area contributed by atoms with Crippen molar-refractivity contribution in [2.24, 2.45) is 11.8 Å². The van der Waals surface area contributed by atoms with E-state index in [1.165, 1.54) is 0 Å². The van der Waals surface area contributed by atoms with Crippen molar-refractivity contribution in [3.05, 3.63) is 231 Å². The van der Waals surface area contributed by atoms with Crippen molar-refractivity contribution < 1.29 is 48.1 Å². The van der Waals surface area contributed by atoms with E-state index < -0.39 is 11.6 Å². The first-order valence-electron chi connectivity index (χ1n) is 32.6. The molecule has 7 heterocycles. The van der Waals surface area contributed by atoms with Crippen LogP contribution in [-0.2, 0) is 40.4 Å². The molecule has 2 atom stereocenters. The number of likely N-dealkylation sites (tertiary alicyclic amines) is 2. The molecule has 25 nitrogen and oxygen atoms in total. The number of hydrogen-bond donors (Lipinski definition) is 4. The number of carboxylic acids is 1. The highest BCUT2D eigenvalue weighted by atomic mass is 16.6. The van der Waals surface area contributed by atoms with Crippen LogP contribution in [0, 0.1) is 57.9 Å². The summed E-state index contributed by atoms with van der Waals surface area (Å²) >= 11 is 0. The third-order valence-electron chi connectivity index (χ3n) is 15.5. The molecule has 9 aromatic rings. The summed E-state index contributed by atoms with van der Waals surface area (Å²) in [5.74, 6) is -1.52. The van der Waals surface area contributed by atoms with E-state index in [0.717, 1.165) is 76.7 Å². The van der Waals surface area contributed by atoms with Crippen molar-refractivity contribution in [1.29, 1.82) is 5.26 Å². The van der Waals surface area contributed by atoms with Crippen LogP contribution < -0.4 is 10.6 Å². The molecule has 2 saturated heterocycles. The Balaban J connectivity index is 0.000000178. The topological polar surface area (TPSA) is 305 Å². The number of aromatic amines is 1. The number of esters is 2. The lowest BCUT2D eigenvalue weighted by molar-refractivity contribution is 0.0287. The van der Waals surface area contributed by atoms with Crippen LogP contribution in [-0.4, -0.2) is 158 Å². The molecule has 4 aromatic carbocycles. The SMILES string of the molecule is CCOC(=O)c1cc(C)[nH]n1.CCOC(=O)c1cc(C)n(Cc2ccccc2)n1.Cc1cc(C(=O)NCC2CCN(C#N)C2)nn1Cc1ccccc1.Cc1cc(C(=O)NCC2CCN(C(=O)OC(C)(C)C)C2)nn1Cc1ccccc1.Cc1cc(C(=O)O)nn1Cc1ccccc1. The predicted molar refractivity (Wildman–Crippen MR) is 368 cm³/mol. The van der Waals surface area contributed by atoms with Gasteiger partial charge in [-0.25, -0.2) is 19.2 Å². The van der Waals surface area contributed by atoms with Gasteiger partial charge in [-0.2, -0.15) is 30.8 Å². The normalized spacial score (nSPS) is 13.7. The van der Waals surface area contributed by atoms with Crippen molar-refractivity contribution in [3.63, 3.8) is 0 Å². The Morgan fingerprint density at radius 3 is 1.26 bits per heavy atom. The van der Waals surface area contributed by atoms with Gasteiger partial charge in [0.1, 0.15) is 17.0 Å². The maximum Gasteiger partial charge on any atom is 0.410 e. The third kappa shape index (κ3) is 23.6. The molecule has 0 spiro atoms. The van der Waals surface area contributed by atoms with Crippen molar-refractivity contribution in [1.82, 2.24) is 69.8 Å². The fourth-order valence-corrected chi connectivity index (χ4v) is 10.3. The third-order valence-corrected chi connectivity index (χ3v) is 15.5. The first-order chi connectivity index (χ1) is 47.0. The van der Waals surface area contributed by atoms with Gasteiger partial charge in [0.2, 0.25) is 0 Å². The highest BCUT2D eigenvalue weighted by Crippen LogP contribution is 2.20. The summed E-state index contributed by atoms with van der Waals surface area (Å²) in [6, 6.07) is 48.5. The minimum Gasteiger partial charge on any atom is -0.476 e. The van der Waals surface area contributed by atoms with Crippen LogP contribution >= 0.6 is 0 Å². The average molecular weight is 1340 g/mol. The fraction of sp³-hybridized carbons (Fsp3) is 0.370. The molecule has 0 radical (unpaired) electrons. The van der Waals surface area contributed by atoms with Gasteiger partial charge in [-0.05, 0) is 147 Å². The van der Waals surface area contributed by atoms with Gasteiger partial charge in [-0.15, -0.1) is 0 Å². The van der Waals surface area contributed by atoms with Gasteiger partial charge in [-0.3, -0.25) is 33.4 Å². The van der Waals surface area contributed by atoms with E-state index in [1.807, 2.05) is 197 Å². The van der Waals surface area contributed by atoms with E-state index in [9.17, 15) is 28.8 Å². The number of benzene rings is 4. The molecule has 5 aromatic heterocycles. The van der Waals surface area contributed by atoms with Gasteiger partial charge in [-0.1, -0.05) is 121 Å². The fourth-order valence-electron chi connectivity index (χ4n) is 10.3. The Morgan fingerprint density at radius 1 is 0.531 bits per heavy atom. The molecular formula is C73H89N15O10. The number of rotatable bonds is 19. The second-order valence-electron chi connectivity index (χ2n) is 24.6. The number of aromatic nitrogens is 10. The highest BCUT2D eigenvalue weighted by molar-refractivity contribution is 5.93. The Bertz CT molecular complexity index is 4070. The molecule has 0 bridgehead atoms. The molecule has 2 aliphatic rings. The summed E-state index contributed by atoms with van der Waals surface area (Å²) in [6.07, 6.45) is 3.65. The lowest BCUT2D eigenvalue weighted by atomic mass is 10.1. The molecule has 2 unspecified atom stereocenters. The number of nitrogens with zero attached hydrogens (tertiary/aromatic N) is 12. The van der Waals surface area contributed by atoms with Crippen molar-refractivity contribution in [2.45, 2.75) is 114 Å². The molecular weight excluding hydrogens is 1250 g/mol. The number of H-pyrrole nitrogens is 1. The van der Waals surface area contributed by atoms with Gasteiger partial charge in [0.25, 0.3) is 11.8 Å². The van der Waals surface area contributed by atoms with Gasteiger partial charge in [0.05, 0.1) is 39.4 Å². The zero-order chi connectivity index (χ0) is 70.7. The Kier molecular flexibility index (Phi) is 27.8. The Hall–Kier alpha value is -11.2. The van der Waals surface area contributed by atoms with Crippen LogP contribution in [0.5, 0.6) is 0 Å². The number of aryl methyl sites for hydroxylation is 5. The minimum absolute atomic E-state index is 0.0911. The van der Waals surface area contributed by atoms with E-state index in [-0.39, 0.29) is 41.5 Å². The predicted octanol–water partition coefficient (Wildman–Crippen LogP) is 10.2. The summed E-state index contributed by atoms with van der Waals surface area (Å²) in [4.78, 5) is 73.7. The first-order valence-corrected chi connectivity index (χ1v) is 32.6. The lowest BCUT2D eigenvalue weighted by Gasteiger charge is -2.24. The minimum atomic E-state index is -0.991. The van der Waals surface area contributed by atoms with Crippen LogP contribution in [0.1, 0.15) is 151 Å². The van der Waals surface area contributed by atoms with Crippen molar-refractivity contribution in [2.75, 3.05) is 52.5 Å². The standard InChI is InChI=1S/C22H30N4O3.C18H21N5O.C14H16N2O2.C12H12N2O2.C7H10N2O2/c1-16-12-19(24-26(16)15-17-8-6-5-7-9-17)20(27)23-13-18-10-11-25(14-18)21(28)29-22(2,3)4;1-14-9-17(21-23(14)12-15-5-3-2-4-6-15)18(24)20-10-16-7-8-22(11-16)13-19;1-3-18-14(17)13-9-11(2)16(15-13)10-12-7-5-4-6-8-12;1-9-7-11(12(15)16)13-14(9)8-10-5-3-2-4-6-10;1-3-11-7(10)6-4-5(2)8-9-6/h5-9,12,18H,10-11,13-15H2,1-4H3,(H,23,27);2-6,9,16H,7-8,10-12H2,1H3,(H,20,24);4-9H,3,10H2,1-2H3;2-7H,8H2,1H3,(H,15,16);4H,3H2,1-2H3,(H,8,9). The Labute approximate surface area is 571 Å². The maximum atomic E-state index is 12.5.